The molecule has 2 fully saturated rings. The quantitative estimate of drug-likeness (QED) is 0.871. The van der Waals surface area contributed by atoms with Gasteiger partial charge in [0.2, 0.25) is 5.91 Å². The standard InChI is InChI=1S/C20H30N2O2/c23-19-8-5-6-17(16-19)9-10-20(24)22-14-2-1-7-18(22)11-15-21-12-3-4-13-21/h5-6,8,16,18,23H,1-4,7,9-15H2/t18-/m1/s1. The van der Waals surface area contributed by atoms with Crippen molar-refractivity contribution < 1.29 is 9.90 Å². The molecule has 3 rings (SSSR count). The lowest BCUT2D eigenvalue weighted by Gasteiger charge is -2.37. The molecule has 0 radical (unpaired) electrons. The largest absolute Gasteiger partial charge is 0.508 e. The molecule has 4 heteroatoms. The van der Waals surface area contributed by atoms with Crippen molar-refractivity contribution in [2.75, 3.05) is 26.2 Å². The van der Waals surface area contributed by atoms with Crippen LogP contribution in [-0.2, 0) is 11.2 Å². The van der Waals surface area contributed by atoms with Crippen LogP contribution in [0.4, 0.5) is 0 Å². The number of carbonyl (C=O) groups is 1. The maximum absolute atomic E-state index is 12.7. The monoisotopic (exact) mass is 330 g/mol. The van der Waals surface area contributed by atoms with Crippen molar-refractivity contribution in [2.24, 2.45) is 0 Å². The van der Waals surface area contributed by atoms with Crippen LogP contribution in [-0.4, -0.2) is 53.0 Å². The number of amides is 1. The van der Waals surface area contributed by atoms with Crippen LogP contribution in [0, 0.1) is 0 Å². The van der Waals surface area contributed by atoms with E-state index in [1.165, 1.54) is 32.4 Å². The Morgan fingerprint density at radius 1 is 1.12 bits per heavy atom. The Morgan fingerprint density at radius 3 is 2.71 bits per heavy atom. The maximum Gasteiger partial charge on any atom is 0.223 e. The van der Waals surface area contributed by atoms with Gasteiger partial charge in [-0.2, -0.15) is 0 Å². The number of benzene rings is 1. The number of rotatable bonds is 6. The zero-order valence-corrected chi connectivity index (χ0v) is 14.6. The predicted molar refractivity (Wildman–Crippen MR) is 96.1 cm³/mol. The summed E-state index contributed by atoms with van der Waals surface area (Å²) in [6.07, 6.45) is 8.59. The summed E-state index contributed by atoms with van der Waals surface area (Å²) < 4.78 is 0. The molecule has 2 aliphatic rings. The highest BCUT2D eigenvalue weighted by atomic mass is 16.3. The average Bonchev–Trinajstić information content (AvgIpc) is 3.12. The molecule has 2 heterocycles. The first-order valence-corrected chi connectivity index (χ1v) is 9.52. The number of phenolic OH excluding ortho intramolecular Hbond substituents is 1. The van der Waals surface area contributed by atoms with Crippen LogP contribution in [0.5, 0.6) is 5.75 Å². The van der Waals surface area contributed by atoms with Crippen LogP contribution in [0.1, 0.15) is 50.5 Å². The molecule has 24 heavy (non-hydrogen) atoms. The molecule has 132 valence electrons. The molecule has 1 N–H and O–H groups in total. The highest BCUT2D eigenvalue weighted by Crippen LogP contribution is 2.22. The van der Waals surface area contributed by atoms with E-state index >= 15 is 0 Å². The Labute approximate surface area is 145 Å². The molecule has 1 aromatic rings. The summed E-state index contributed by atoms with van der Waals surface area (Å²) in [4.78, 5) is 17.4. The van der Waals surface area contributed by atoms with Gasteiger partial charge >= 0.3 is 0 Å². The fraction of sp³-hybridized carbons (Fsp3) is 0.650. The molecule has 1 aromatic carbocycles. The van der Waals surface area contributed by atoms with Crippen molar-refractivity contribution >= 4 is 5.91 Å². The van der Waals surface area contributed by atoms with Crippen molar-refractivity contribution in [1.29, 1.82) is 0 Å². The van der Waals surface area contributed by atoms with Gasteiger partial charge in [-0.15, -0.1) is 0 Å². The first kappa shape index (κ1) is 17.3. The third-order valence-electron chi connectivity index (χ3n) is 5.46. The summed E-state index contributed by atoms with van der Waals surface area (Å²) in [6.45, 7) is 4.53. The number of aromatic hydroxyl groups is 1. The van der Waals surface area contributed by atoms with E-state index in [-0.39, 0.29) is 11.7 Å². The Kier molecular flexibility index (Phi) is 6.13. The maximum atomic E-state index is 12.7. The van der Waals surface area contributed by atoms with E-state index in [2.05, 4.69) is 9.80 Å². The second-order valence-electron chi connectivity index (χ2n) is 7.24. The zero-order chi connectivity index (χ0) is 16.8. The molecule has 2 aliphatic heterocycles. The molecule has 0 unspecified atom stereocenters. The highest BCUT2D eigenvalue weighted by Gasteiger charge is 2.27. The summed E-state index contributed by atoms with van der Waals surface area (Å²) in [7, 11) is 0. The molecule has 4 nitrogen and oxygen atoms in total. The van der Waals surface area contributed by atoms with E-state index in [1.54, 1.807) is 12.1 Å². The minimum absolute atomic E-state index is 0.279. The van der Waals surface area contributed by atoms with Crippen molar-refractivity contribution in [3.63, 3.8) is 0 Å². The van der Waals surface area contributed by atoms with E-state index < -0.39 is 0 Å². The molecule has 0 spiro atoms. The SMILES string of the molecule is O=C(CCc1cccc(O)c1)N1CCCC[C@@H]1CCN1CCCC1. The van der Waals surface area contributed by atoms with Crippen LogP contribution in [0.3, 0.4) is 0 Å². The summed E-state index contributed by atoms with van der Waals surface area (Å²) in [5.74, 6) is 0.561. The Bertz CT molecular complexity index is 540. The summed E-state index contributed by atoms with van der Waals surface area (Å²) in [5.41, 5.74) is 1.04. The van der Waals surface area contributed by atoms with Gasteiger partial charge in [0.05, 0.1) is 0 Å². The van der Waals surface area contributed by atoms with Gasteiger partial charge in [-0.3, -0.25) is 4.79 Å². The second kappa shape index (κ2) is 8.52. The first-order valence-electron chi connectivity index (χ1n) is 9.52. The number of hydrogen-bond donors (Lipinski definition) is 1. The number of phenols is 1. The van der Waals surface area contributed by atoms with Crippen LogP contribution < -0.4 is 0 Å². The molecule has 0 bridgehead atoms. The molecule has 1 amide bonds. The Morgan fingerprint density at radius 2 is 1.92 bits per heavy atom. The van der Waals surface area contributed by atoms with Gasteiger partial charge in [0.25, 0.3) is 0 Å². The van der Waals surface area contributed by atoms with Gasteiger partial charge < -0.3 is 14.9 Å². The van der Waals surface area contributed by atoms with Gasteiger partial charge in [0.15, 0.2) is 0 Å². The molecular formula is C20H30N2O2. The molecule has 0 saturated carbocycles. The number of hydrogen-bond acceptors (Lipinski definition) is 3. The van der Waals surface area contributed by atoms with E-state index in [9.17, 15) is 9.90 Å². The normalized spacial score (nSPS) is 22.0. The Balaban J connectivity index is 1.50. The van der Waals surface area contributed by atoms with Gasteiger partial charge in [0.1, 0.15) is 5.75 Å². The van der Waals surface area contributed by atoms with Gasteiger partial charge in [-0.05, 0) is 75.7 Å². The van der Waals surface area contributed by atoms with Gasteiger partial charge in [-0.1, -0.05) is 12.1 Å². The van der Waals surface area contributed by atoms with Crippen molar-refractivity contribution in [2.45, 2.75) is 57.4 Å². The second-order valence-corrected chi connectivity index (χ2v) is 7.24. The van der Waals surface area contributed by atoms with Gasteiger partial charge in [0, 0.05) is 25.6 Å². The van der Waals surface area contributed by atoms with Crippen molar-refractivity contribution in [3.05, 3.63) is 29.8 Å². The first-order chi connectivity index (χ1) is 11.7. The lowest BCUT2D eigenvalue weighted by Crippen LogP contribution is -2.45. The Hall–Kier alpha value is -1.55. The van der Waals surface area contributed by atoms with Crippen LogP contribution in [0.2, 0.25) is 0 Å². The third-order valence-corrected chi connectivity index (χ3v) is 5.46. The van der Waals surface area contributed by atoms with E-state index in [0.29, 0.717) is 18.9 Å². The van der Waals surface area contributed by atoms with E-state index in [1.807, 2.05) is 12.1 Å². The third kappa shape index (κ3) is 4.73. The van der Waals surface area contributed by atoms with Crippen LogP contribution in [0.15, 0.2) is 24.3 Å². The lowest BCUT2D eigenvalue weighted by atomic mass is 9.98. The van der Waals surface area contributed by atoms with Crippen LogP contribution >= 0.6 is 0 Å². The molecule has 2 saturated heterocycles. The average molecular weight is 330 g/mol. The predicted octanol–water partition coefficient (Wildman–Crippen LogP) is 3.19. The van der Waals surface area contributed by atoms with Crippen molar-refractivity contribution in [3.8, 4) is 5.75 Å². The number of nitrogens with zero attached hydrogens (tertiary/aromatic N) is 2. The van der Waals surface area contributed by atoms with Crippen LogP contribution in [0.25, 0.3) is 0 Å². The minimum Gasteiger partial charge on any atom is -0.508 e. The summed E-state index contributed by atoms with van der Waals surface area (Å²) in [6, 6.07) is 7.68. The molecular weight excluding hydrogens is 300 g/mol. The molecule has 0 aromatic heterocycles. The zero-order valence-electron chi connectivity index (χ0n) is 14.6. The number of carbonyl (C=O) groups excluding carboxylic acids is 1. The smallest absolute Gasteiger partial charge is 0.223 e. The van der Waals surface area contributed by atoms with Gasteiger partial charge in [-0.25, -0.2) is 0 Å². The number of piperidine rings is 1. The number of aryl methyl sites for hydroxylation is 1. The van der Waals surface area contributed by atoms with E-state index in [4.69, 9.17) is 0 Å². The fourth-order valence-corrected chi connectivity index (χ4v) is 4.07. The fourth-order valence-electron chi connectivity index (χ4n) is 4.07. The minimum atomic E-state index is 0.279. The number of likely N-dealkylation sites (tertiary alicyclic amines) is 2. The summed E-state index contributed by atoms with van der Waals surface area (Å²) >= 11 is 0. The summed E-state index contributed by atoms with van der Waals surface area (Å²) in [5, 5.41) is 9.54. The highest BCUT2D eigenvalue weighted by molar-refractivity contribution is 5.77. The molecule has 0 aliphatic carbocycles. The van der Waals surface area contributed by atoms with E-state index in [0.717, 1.165) is 37.9 Å². The molecule has 1 atom stereocenters. The lowest BCUT2D eigenvalue weighted by molar-refractivity contribution is -0.135. The topological polar surface area (TPSA) is 43.8 Å². The van der Waals surface area contributed by atoms with Crippen molar-refractivity contribution in [1.82, 2.24) is 9.80 Å².